The fourth-order valence-electron chi connectivity index (χ4n) is 5.00. The fraction of sp³-hybridized carbons (Fsp3) is 0.867. The molecule has 1 saturated heterocycles. The van der Waals surface area contributed by atoms with Crippen molar-refractivity contribution in [2.75, 3.05) is 11.5 Å². The summed E-state index contributed by atoms with van der Waals surface area (Å²) >= 11 is 4.64. The van der Waals surface area contributed by atoms with Gasteiger partial charge in [0.15, 0.2) is 0 Å². The zero-order chi connectivity index (χ0) is 11.5. The molecule has 0 aromatic heterocycles. The zero-order valence-electron chi connectivity index (χ0n) is 10.8. The molecule has 2 bridgehead atoms. The van der Waals surface area contributed by atoms with E-state index in [9.17, 15) is 0 Å². The highest BCUT2D eigenvalue weighted by atomic mass is 32.2. The van der Waals surface area contributed by atoms with Crippen molar-refractivity contribution in [3.63, 3.8) is 0 Å². The molecule has 4 fully saturated rings. The second kappa shape index (κ2) is 3.72. The Bertz CT molecular complexity index is 378. The summed E-state index contributed by atoms with van der Waals surface area (Å²) < 4.78 is 0.652. The van der Waals surface area contributed by atoms with Gasteiger partial charge in [0.05, 0.1) is 4.08 Å². The Labute approximate surface area is 113 Å². The number of rotatable bonds is 0. The minimum atomic E-state index is 0.652. The molecule has 0 N–H and O–H groups in total. The molecule has 2 spiro atoms. The normalized spacial score (nSPS) is 43.2. The van der Waals surface area contributed by atoms with Crippen LogP contribution in [0.25, 0.3) is 0 Å². The van der Waals surface area contributed by atoms with E-state index >= 15 is 0 Å². The molecule has 2 atom stereocenters. The van der Waals surface area contributed by atoms with Crippen molar-refractivity contribution in [1.29, 1.82) is 0 Å². The SMILES string of the molecule is CC1=C2C[C@@H]3CC[C@@]2(CCC1)CC31SCCS1. The molecule has 4 aliphatic carbocycles. The van der Waals surface area contributed by atoms with Gasteiger partial charge in [-0.05, 0) is 63.2 Å². The first kappa shape index (κ1) is 11.3. The Kier molecular flexibility index (Phi) is 2.47. The summed E-state index contributed by atoms with van der Waals surface area (Å²) in [6.07, 6.45) is 10.4. The van der Waals surface area contributed by atoms with Crippen LogP contribution < -0.4 is 0 Å². The van der Waals surface area contributed by atoms with Crippen LogP contribution in [0.4, 0.5) is 0 Å². The topological polar surface area (TPSA) is 0 Å². The van der Waals surface area contributed by atoms with Crippen molar-refractivity contribution in [1.82, 2.24) is 0 Å². The van der Waals surface area contributed by atoms with E-state index in [4.69, 9.17) is 0 Å². The maximum atomic E-state index is 2.43. The first-order chi connectivity index (χ1) is 8.24. The van der Waals surface area contributed by atoms with Gasteiger partial charge in [-0.25, -0.2) is 0 Å². The molecular weight excluding hydrogens is 244 g/mol. The Morgan fingerprint density at radius 1 is 1.18 bits per heavy atom. The van der Waals surface area contributed by atoms with E-state index in [0.29, 0.717) is 9.49 Å². The second-order valence-corrected chi connectivity index (χ2v) is 9.63. The minimum absolute atomic E-state index is 0.652. The zero-order valence-corrected chi connectivity index (χ0v) is 12.4. The molecule has 0 nitrogen and oxygen atoms in total. The van der Waals surface area contributed by atoms with E-state index in [1.807, 2.05) is 5.57 Å². The predicted octanol–water partition coefficient (Wildman–Crippen LogP) is 4.85. The quantitative estimate of drug-likeness (QED) is 0.575. The summed E-state index contributed by atoms with van der Waals surface area (Å²) in [5.74, 6) is 3.83. The molecule has 5 aliphatic rings. The van der Waals surface area contributed by atoms with Gasteiger partial charge in [0.25, 0.3) is 0 Å². The van der Waals surface area contributed by atoms with Crippen LogP contribution in [0.1, 0.15) is 51.9 Å². The van der Waals surface area contributed by atoms with E-state index < -0.39 is 0 Å². The van der Waals surface area contributed by atoms with Gasteiger partial charge in [-0.3, -0.25) is 0 Å². The first-order valence-electron chi connectivity index (χ1n) is 7.21. The minimum Gasteiger partial charge on any atom is -0.143 e. The maximum absolute atomic E-state index is 2.43. The van der Waals surface area contributed by atoms with Crippen molar-refractivity contribution < 1.29 is 0 Å². The molecular formula is C15H22S2. The second-order valence-electron chi connectivity index (χ2n) is 6.52. The van der Waals surface area contributed by atoms with Gasteiger partial charge in [0.2, 0.25) is 0 Å². The highest BCUT2D eigenvalue weighted by molar-refractivity contribution is 8.21. The van der Waals surface area contributed by atoms with E-state index in [1.54, 1.807) is 5.57 Å². The van der Waals surface area contributed by atoms with Gasteiger partial charge >= 0.3 is 0 Å². The Morgan fingerprint density at radius 3 is 2.82 bits per heavy atom. The van der Waals surface area contributed by atoms with Gasteiger partial charge < -0.3 is 0 Å². The number of thioether (sulfide) groups is 2. The van der Waals surface area contributed by atoms with Crippen LogP contribution in [0, 0.1) is 11.3 Å². The lowest BCUT2D eigenvalue weighted by Crippen LogP contribution is -2.50. The van der Waals surface area contributed by atoms with Gasteiger partial charge in [-0.1, -0.05) is 11.1 Å². The van der Waals surface area contributed by atoms with Crippen LogP contribution in [0.5, 0.6) is 0 Å². The molecule has 1 aliphatic heterocycles. The molecule has 0 amide bonds. The Morgan fingerprint density at radius 2 is 2.00 bits per heavy atom. The molecule has 0 unspecified atom stereocenters. The average Bonchev–Trinajstić information content (AvgIpc) is 2.77. The van der Waals surface area contributed by atoms with E-state index in [1.165, 1.54) is 56.5 Å². The summed E-state index contributed by atoms with van der Waals surface area (Å²) in [5, 5.41) is 0. The highest BCUT2D eigenvalue weighted by Gasteiger charge is 2.58. The summed E-state index contributed by atoms with van der Waals surface area (Å²) in [5.41, 5.74) is 4.38. The lowest BCUT2D eigenvalue weighted by Gasteiger charge is -2.59. The molecule has 17 heavy (non-hydrogen) atoms. The smallest absolute Gasteiger partial charge is 0.0651 e. The van der Waals surface area contributed by atoms with Crippen molar-refractivity contribution >= 4 is 23.5 Å². The molecule has 2 heteroatoms. The standard InChI is InChI=1S/C15H22S2/c1-11-3-2-5-14-6-4-12(9-13(11)14)15(10-14)16-7-8-17-15/h12H,2-10H2,1H3/t12-,14-/m0/s1. The van der Waals surface area contributed by atoms with Crippen molar-refractivity contribution in [2.24, 2.45) is 11.3 Å². The van der Waals surface area contributed by atoms with Crippen LogP contribution in [0.2, 0.25) is 0 Å². The summed E-state index contributed by atoms with van der Waals surface area (Å²) in [7, 11) is 0. The van der Waals surface area contributed by atoms with Crippen LogP contribution in [0.15, 0.2) is 11.1 Å². The molecule has 0 radical (unpaired) electrons. The average molecular weight is 266 g/mol. The highest BCUT2D eigenvalue weighted by Crippen LogP contribution is 2.70. The first-order valence-corrected chi connectivity index (χ1v) is 9.18. The monoisotopic (exact) mass is 266 g/mol. The van der Waals surface area contributed by atoms with Crippen molar-refractivity contribution in [3.8, 4) is 0 Å². The molecule has 1 heterocycles. The summed E-state index contributed by atoms with van der Waals surface area (Å²) in [6.45, 7) is 2.43. The number of hydrogen-bond donors (Lipinski definition) is 0. The van der Waals surface area contributed by atoms with E-state index in [-0.39, 0.29) is 0 Å². The lowest BCUT2D eigenvalue weighted by molar-refractivity contribution is 0.105. The molecule has 5 rings (SSSR count). The van der Waals surface area contributed by atoms with E-state index in [0.717, 1.165) is 5.92 Å². The number of fused-ring (bicyclic) bond motifs is 1. The molecule has 94 valence electrons. The third kappa shape index (κ3) is 1.46. The fourth-order valence-corrected chi connectivity index (χ4v) is 8.82. The van der Waals surface area contributed by atoms with Gasteiger partial charge in [0.1, 0.15) is 0 Å². The van der Waals surface area contributed by atoms with Crippen LogP contribution in [0.3, 0.4) is 0 Å². The lowest BCUT2D eigenvalue weighted by atomic mass is 9.53. The third-order valence-electron chi connectivity index (χ3n) is 5.77. The number of hydrogen-bond acceptors (Lipinski definition) is 2. The Balaban J connectivity index is 1.77. The van der Waals surface area contributed by atoms with Crippen molar-refractivity contribution in [3.05, 3.63) is 11.1 Å². The molecule has 0 aromatic carbocycles. The summed E-state index contributed by atoms with van der Waals surface area (Å²) in [4.78, 5) is 0. The van der Waals surface area contributed by atoms with Crippen LogP contribution >= 0.6 is 23.5 Å². The number of allylic oxidation sites excluding steroid dienone is 2. The molecule has 3 saturated carbocycles. The van der Waals surface area contributed by atoms with E-state index in [2.05, 4.69) is 30.4 Å². The van der Waals surface area contributed by atoms with Crippen LogP contribution in [-0.4, -0.2) is 15.6 Å². The maximum Gasteiger partial charge on any atom is 0.0651 e. The third-order valence-corrected chi connectivity index (χ3v) is 9.48. The van der Waals surface area contributed by atoms with Crippen LogP contribution in [-0.2, 0) is 0 Å². The predicted molar refractivity (Wildman–Crippen MR) is 78.6 cm³/mol. The Hall–Kier alpha value is 0.440. The van der Waals surface area contributed by atoms with Crippen molar-refractivity contribution in [2.45, 2.75) is 55.9 Å². The van der Waals surface area contributed by atoms with Gasteiger partial charge in [-0.15, -0.1) is 23.5 Å². The summed E-state index contributed by atoms with van der Waals surface area (Å²) in [6, 6.07) is 0. The van der Waals surface area contributed by atoms with Gasteiger partial charge in [-0.2, -0.15) is 0 Å². The van der Waals surface area contributed by atoms with Gasteiger partial charge in [0, 0.05) is 11.5 Å². The largest absolute Gasteiger partial charge is 0.143 e. The molecule has 0 aromatic rings.